The molecule has 3 N–H and O–H groups in total. The number of amides is 1. The number of carbonyl (C=O) groups excluding carboxylic acids is 1. The van der Waals surface area contributed by atoms with E-state index in [-0.39, 0.29) is 17.4 Å². The van der Waals surface area contributed by atoms with Crippen molar-refractivity contribution >= 4 is 11.9 Å². The number of hydrogen-bond acceptors (Lipinski definition) is 3. The third-order valence-corrected chi connectivity index (χ3v) is 4.13. The maximum Gasteiger partial charge on any atom is 0.251 e. The van der Waals surface area contributed by atoms with Gasteiger partial charge in [-0.15, -0.1) is 0 Å². The van der Waals surface area contributed by atoms with Gasteiger partial charge in [-0.3, -0.25) is 9.79 Å². The second kappa shape index (κ2) is 10.8. The van der Waals surface area contributed by atoms with Gasteiger partial charge in [0.25, 0.3) is 5.91 Å². The van der Waals surface area contributed by atoms with Gasteiger partial charge in [-0.05, 0) is 36.5 Å². The van der Waals surface area contributed by atoms with E-state index in [1.807, 2.05) is 31.2 Å². The summed E-state index contributed by atoms with van der Waals surface area (Å²) in [5, 5.41) is 9.25. The number of carbonyl (C=O) groups is 1. The van der Waals surface area contributed by atoms with E-state index in [1.165, 1.54) is 0 Å². The highest BCUT2D eigenvalue weighted by Crippen LogP contribution is 2.21. The summed E-state index contributed by atoms with van der Waals surface area (Å²) >= 11 is 0. The van der Waals surface area contributed by atoms with Crippen LogP contribution in [0.15, 0.2) is 29.3 Å². The fourth-order valence-corrected chi connectivity index (χ4v) is 2.56. The number of rotatable bonds is 8. The quantitative estimate of drug-likeness (QED) is 0.490. The smallest absolute Gasteiger partial charge is 0.251 e. The second-order valence-electron chi connectivity index (χ2n) is 7.27. The van der Waals surface area contributed by atoms with Crippen LogP contribution < -0.4 is 16.0 Å². The van der Waals surface area contributed by atoms with Crippen LogP contribution in [0.5, 0.6) is 0 Å². The van der Waals surface area contributed by atoms with Crippen LogP contribution in [0, 0.1) is 5.41 Å². The molecule has 0 radical (unpaired) electrons. The Morgan fingerprint density at radius 3 is 2.58 bits per heavy atom. The first kappa shape index (κ1) is 22.0. The summed E-state index contributed by atoms with van der Waals surface area (Å²) in [6.07, 6.45) is 0.865. The lowest BCUT2D eigenvalue weighted by molar-refractivity contribution is 0.0241. The molecule has 0 aromatic heterocycles. The van der Waals surface area contributed by atoms with Crippen LogP contribution in [-0.4, -0.2) is 51.8 Å². The van der Waals surface area contributed by atoms with E-state index in [2.05, 4.69) is 41.7 Å². The highest BCUT2D eigenvalue weighted by molar-refractivity contribution is 5.94. The maximum atomic E-state index is 11.7. The van der Waals surface area contributed by atoms with E-state index in [4.69, 9.17) is 4.74 Å². The largest absolute Gasteiger partial charge is 0.379 e. The molecule has 1 aromatic rings. The lowest BCUT2D eigenvalue weighted by atomic mass is 9.89. The van der Waals surface area contributed by atoms with Gasteiger partial charge in [0.1, 0.15) is 0 Å². The van der Waals surface area contributed by atoms with Gasteiger partial charge in [0, 0.05) is 32.8 Å². The third-order valence-electron chi connectivity index (χ3n) is 4.13. The van der Waals surface area contributed by atoms with Crippen molar-refractivity contribution in [3.63, 3.8) is 0 Å². The molecule has 6 heteroatoms. The molecule has 6 nitrogen and oxygen atoms in total. The van der Waals surface area contributed by atoms with Crippen LogP contribution in [0.25, 0.3) is 0 Å². The molecule has 0 saturated heterocycles. The molecule has 1 atom stereocenters. The Hall–Kier alpha value is -2.08. The van der Waals surface area contributed by atoms with E-state index in [1.54, 1.807) is 14.2 Å². The van der Waals surface area contributed by atoms with Crippen LogP contribution in [0.4, 0.5) is 0 Å². The number of aliphatic imine (C=N–C) groups is 1. The van der Waals surface area contributed by atoms with Crippen molar-refractivity contribution in [1.29, 1.82) is 0 Å². The highest BCUT2D eigenvalue weighted by Gasteiger charge is 2.24. The third kappa shape index (κ3) is 7.44. The Morgan fingerprint density at radius 1 is 1.27 bits per heavy atom. The molecule has 0 aliphatic carbocycles. The van der Waals surface area contributed by atoms with E-state index in [0.717, 1.165) is 31.0 Å². The van der Waals surface area contributed by atoms with Crippen LogP contribution in [0.2, 0.25) is 0 Å². The normalized spacial score (nSPS) is 13.2. The van der Waals surface area contributed by atoms with Crippen molar-refractivity contribution < 1.29 is 9.53 Å². The monoisotopic (exact) mass is 362 g/mol. The van der Waals surface area contributed by atoms with Crippen molar-refractivity contribution in [3.05, 3.63) is 35.4 Å². The van der Waals surface area contributed by atoms with Gasteiger partial charge >= 0.3 is 0 Å². The Kier molecular flexibility index (Phi) is 9.13. The molecule has 0 aliphatic heterocycles. The molecule has 0 heterocycles. The molecule has 0 aliphatic rings. The Labute approximate surface area is 157 Å². The average molecular weight is 363 g/mol. The van der Waals surface area contributed by atoms with Gasteiger partial charge in [0.05, 0.1) is 12.6 Å². The minimum absolute atomic E-state index is 0.0376. The second-order valence-corrected chi connectivity index (χ2v) is 7.27. The number of nitrogens with zero attached hydrogens (tertiary/aromatic N) is 1. The molecule has 1 unspecified atom stereocenters. The van der Waals surface area contributed by atoms with Crippen LogP contribution >= 0.6 is 0 Å². The molecule has 0 bridgehead atoms. The van der Waals surface area contributed by atoms with Crippen LogP contribution in [-0.2, 0) is 11.2 Å². The average Bonchev–Trinajstić information content (AvgIpc) is 2.60. The number of methoxy groups -OCH3 is 1. The van der Waals surface area contributed by atoms with Crippen LogP contribution in [0.3, 0.4) is 0 Å². The first-order chi connectivity index (χ1) is 12.3. The summed E-state index contributed by atoms with van der Waals surface area (Å²) in [5.41, 5.74) is 1.83. The Bertz CT molecular complexity index is 594. The molecule has 1 rings (SSSR count). The summed E-state index contributed by atoms with van der Waals surface area (Å²) in [6, 6.07) is 7.67. The zero-order chi connectivity index (χ0) is 19.6. The standard InChI is InChI=1S/C20H34N4O2/c1-7-22-19(24-14-17(26-6)20(2,3)4)23-12-11-15-9-8-10-16(13-15)18(25)21-5/h8-10,13,17H,7,11-12,14H2,1-6H3,(H,21,25)(H2,22,23,24). The maximum absolute atomic E-state index is 11.7. The van der Waals surface area contributed by atoms with Crippen LogP contribution in [0.1, 0.15) is 43.6 Å². The molecular weight excluding hydrogens is 328 g/mol. The predicted molar refractivity (Wildman–Crippen MR) is 108 cm³/mol. The highest BCUT2D eigenvalue weighted by atomic mass is 16.5. The summed E-state index contributed by atoms with van der Waals surface area (Å²) in [6.45, 7) is 10.6. The fraction of sp³-hybridized carbons (Fsp3) is 0.600. The van der Waals surface area contributed by atoms with Gasteiger partial charge < -0.3 is 20.7 Å². The minimum atomic E-state index is -0.0671. The zero-order valence-corrected chi connectivity index (χ0v) is 17.0. The minimum Gasteiger partial charge on any atom is -0.379 e. The van der Waals surface area contributed by atoms with Crippen molar-refractivity contribution in [2.24, 2.45) is 10.4 Å². The number of hydrogen-bond donors (Lipinski definition) is 3. The van der Waals surface area contributed by atoms with Gasteiger partial charge in [0.15, 0.2) is 5.96 Å². The number of ether oxygens (including phenoxy) is 1. The van der Waals surface area contributed by atoms with Crippen molar-refractivity contribution in [1.82, 2.24) is 16.0 Å². The SMILES string of the molecule is CCNC(=NCC(OC)C(C)(C)C)NCCc1cccc(C(=O)NC)c1. The lowest BCUT2D eigenvalue weighted by Gasteiger charge is -2.28. The zero-order valence-electron chi connectivity index (χ0n) is 17.0. The lowest BCUT2D eigenvalue weighted by Crippen LogP contribution is -2.40. The van der Waals surface area contributed by atoms with Crippen molar-refractivity contribution in [2.75, 3.05) is 33.8 Å². The van der Waals surface area contributed by atoms with Gasteiger partial charge in [-0.1, -0.05) is 32.9 Å². The topological polar surface area (TPSA) is 74.8 Å². The van der Waals surface area contributed by atoms with E-state index in [0.29, 0.717) is 12.1 Å². The first-order valence-electron chi connectivity index (χ1n) is 9.17. The Balaban J connectivity index is 2.63. The molecule has 0 saturated carbocycles. The summed E-state index contributed by atoms with van der Waals surface area (Å²) in [7, 11) is 3.37. The summed E-state index contributed by atoms with van der Waals surface area (Å²) < 4.78 is 5.56. The van der Waals surface area contributed by atoms with E-state index in [9.17, 15) is 4.79 Å². The molecule has 146 valence electrons. The number of benzene rings is 1. The number of nitrogens with one attached hydrogen (secondary N) is 3. The molecular formula is C20H34N4O2. The van der Waals surface area contributed by atoms with Crippen molar-refractivity contribution in [3.8, 4) is 0 Å². The predicted octanol–water partition coefficient (Wildman–Crippen LogP) is 2.20. The Morgan fingerprint density at radius 2 is 2.00 bits per heavy atom. The van der Waals surface area contributed by atoms with Gasteiger partial charge in [-0.25, -0.2) is 0 Å². The van der Waals surface area contributed by atoms with E-state index >= 15 is 0 Å². The summed E-state index contributed by atoms with van der Waals surface area (Å²) in [4.78, 5) is 16.4. The molecule has 1 amide bonds. The fourth-order valence-electron chi connectivity index (χ4n) is 2.56. The van der Waals surface area contributed by atoms with Gasteiger partial charge in [0.2, 0.25) is 0 Å². The molecule has 0 fully saturated rings. The van der Waals surface area contributed by atoms with Crippen molar-refractivity contribution in [2.45, 2.75) is 40.2 Å². The van der Waals surface area contributed by atoms with E-state index < -0.39 is 0 Å². The number of guanidine groups is 1. The molecule has 0 spiro atoms. The molecule has 26 heavy (non-hydrogen) atoms. The summed E-state index contributed by atoms with van der Waals surface area (Å²) in [5.74, 6) is 0.712. The first-order valence-corrected chi connectivity index (χ1v) is 9.17. The van der Waals surface area contributed by atoms with Gasteiger partial charge in [-0.2, -0.15) is 0 Å². The molecule has 1 aromatic carbocycles.